The fourth-order valence-corrected chi connectivity index (χ4v) is 1.30. The molecule has 0 spiro atoms. The van der Waals surface area contributed by atoms with E-state index in [2.05, 4.69) is 4.98 Å². The summed E-state index contributed by atoms with van der Waals surface area (Å²) in [4.78, 5) is 3.88. The monoisotopic (exact) mass is 220 g/mol. The zero-order valence-electron chi connectivity index (χ0n) is 7.73. The van der Waals surface area contributed by atoms with E-state index in [0.717, 1.165) is 0 Å². The maximum absolute atomic E-state index is 12.9. The Labute approximate surface area is 86.1 Å². The van der Waals surface area contributed by atoms with Crippen molar-refractivity contribution >= 4 is 11.6 Å². The SMILES string of the molecule is Cc1ccc(CC(F)(F)CN)c(Cl)n1. The third-order valence-corrected chi connectivity index (χ3v) is 2.14. The number of aromatic nitrogens is 1. The Bertz CT molecular complexity index is 329. The average Bonchev–Trinajstić information content (AvgIpc) is 2.10. The summed E-state index contributed by atoms with van der Waals surface area (Å²) in [5.74, 6) is -2.92. The van der Waals surface area contributed by atoms with Gasteiger partial charge in [0.1, 0.15) is 5.15 Å². The maximum Gasteiger partial charge on any atom is 0.264 e. The molecular formula is C9H11ClF2N2. The minimum Gasteiger partial charge on any atom is -0.325 e. The molecule has 14 heavy (non-hydrogen) atoms. The summed E-state index contributed by atoms with van der Waals surface area (Å²) in [6.07, 6.45) is -0.463. The molecule has 0 radical (unpaired) electrons. The van der Waals surface area contributed by atoms with E-state index < -0.39 is 18.9 Å². The van der Waals surface area contributed by atoms with Crippen LogP contribution in [0.5, 0.6) is 0 Å². The summed E-state index contributed by atoms with van der Waals surface area (Å²) in [5.41, 5.74) is 5.95. The molecule has 0 aliphatic rings. The van der Waals surface area contributed by atoms with Gasteiger partial charge in [-0.15, -0.1) is 0 Å². The van der Waals surface area contributed by atoms with E-state index in [9.17, 15) is 8.78 Å². The van der Waals surface area contributed by atoms with Crippen molar-refractivity contribution in [3.8, 4) is 0 Å². The molecule has 0 fully saturated rings. The van der Waals surface area contributed by atoms with Crippen LogP contribution < -0.4 is 5.73 Å². The zero-order chi connectivity index (χ0) is 10.8. The van der Waals surface area contributed by atoms with Crippen LogP contribution in [0.1, 0.15) is 11.3 Å². The topological polar surface area (TPSA) is 38.9 Å². The first-order valence-electron chi connectivity index (χ1n) is 4.14. The van der Waals surface area contributed by atoms with Crippen molar-refractivity contribution in [3.05, 3.63) is 28.5 Å². The molecule has 0 saturated carbocycles. The van der Waals surface area contributed by atoms with Gasteiger partial charge in [0.15, 0.2) is 0 Å². The fraction of sp³-hybridized carbons (Fsp3) is 0.444. The predicted octanol–water partition coefficient (Wildman–Crippen LogP) is 2.18. The molecule has 0 unspecified atom stereocenters. The van der Waals surface area contributed by atoms with E-state index in [-0.39, 0.29) is 5.15 Å². The standard InChI is InChI=1S/C9H11ClF2N2/c1-6-2-3-7(8(10)14-6)4-9(11,12)5-13/h2-3H,4-5,13H2,1H3. The molecule has 1 heterocycles. The molecule has 2 N–H and O–H groups in total. The average molecular weight is 221 g/mol. The first-order valence-corrected chi connectivity index (χ1v) is 4.52. The number of rotatable bonds is 3. The van der Waals surface area contributed by atoms with Crippen molar-refractivity contribution < 1.29 is 8.78 Å². The van der Waals surface area contributed by atoms with Crippen LogP contribution in [-0.4, -0.2) is 17.5 Å². The van der Waals surface area contributed by atoms with Gasteiger partial charge in [0.05, 0.1) is 6.54 Å². The molecule has 0 saturated heterocycles. The van der Waals surface area contributed by atoms with Crippen LogP contribution in [0.3, 0.4) is 0 Å². The lowest BCUT2D eigenvalue weighted by Gasteiger charge is -2.14. The van der Waals surface area contributed by atoms with Crippen LogP contribution in [0.4, 0.5) is 8.78 Å². The number of nitrogens with zero attached hydrogens (tertiary/aromatic N) is 1. The summed E-state index contributed by atoms with van der Waals surface area (Å²) in [6.45, 7) is 1.06. The Hall–Kier alpha value is -0.740. The van der Waals surface area contributed by atoms with E-state index in [1.165, 1.54) is 0 Å². The first kappa shape index (κ1) is 11.3. The lowest BCUT2D eigenvalue weighted by Crippen LogP contribution is -2.30. The summed E-state index contributed by atoms with van der Waals surface area (Å²) in [5, 5.41) is 0.123. The van der Waals surface area contributed by atoms with Crippen LogP contribution in [0.2, 0.25) is 5.15 Å². The molecule has 0 aliphatic carbocycles. The van der Waals surface area contributed by atoms with Gasteiger partial charge in [-0.3, -0.25) is 0 Å². The van der Waals surface area contributed by atoms with Crippen molar-refractivity contribution in [2.75, 3.05) is 6.54 Å². The highest BCUT2D eigenvalue weighted by Crippen LogP contribution is 2.23. The van der Waals surface area contributed by atoms with Crippen LogP contribution in [0.15, 0.2) is 12.1 Å². The molecule has 0 atom stereocenters. The smallest absolute Gasteiger partial charge is 0.264 e. The van der Waals surface area contributed by atoms with Crippen LogP contribution in [0.25, 0.3) is 0 Å². The van der Waals surface area contributed by atoms with Gasteiger partial charge in [-0.2, -0.15) is 0 Å². The van der Waals surface area contributed by atoms with Gasteiger partial charge in [0.25, 0.3) is 5.92 Å². The van der Waals surface area contributed by atoms with Crippen molar-refractivity contribution in [1.29, 1.82) is 0 Å². The molecule has 78 valence electrons. The van der Waals surface area contributed by atoms with Gasteiger partial charge in [-0.1, -0.05) is 17.7 Å². The molecule has 2 nitrogen and oxygen atoms in total. The maximum atomic E-state index is 12.9. The van der Waals surface area contributed by atoms with Crippen LogP contribution in [0, 0.1) is 6.92 Å². The van der Waals surface area contributed by atoms with Crippen molar-refractivity contribution in [3.63, 3.8) is 0 Å². The van der Waals surface area contributed by atoms with Gasteiger partial charge in [-0.05, 0) is 18.6 Å². The third kappa shape index (κ3) is 2.89. The Balaban J connectivity index is 2.87. The number of nitrogens with two attached hydrogens (primary N) is 1. The van der Waals surface area contributed by atoms with Gasteiger partial charge in [0.2, 0.25) is 0 Å². The van der Waals surface area contributed by atoms with Gasteiger partial charge in [0, 0.05) is 12.1 Å². The zero-order valence-corrected chi connectivity index (χ0v) is 8.48. The second kappa shape index (κ2) is 4.19. The fourth-order valence-electron chi connectivity index (χ4n) is 1.04. The summed E-state index contributed by atoms with van der Waals surface area (Å²) >= 11 is 5.71. The molecule has 0 amide bonds. The van der Waals surface area contributed by atoms with Crippen molar-refractivity contribution in [2.24, 2.45) is 5.73 Å². The Morgan fingerprint density at radius 3 is 2.64 bits per heavy atom. The summed E-state index contributed by atoms with van der Waals surface area (Å²) < 4.78 is 25.8. The van der Waals surface area contributed by atoms with E-state index in [1.807, 2.05) is 0 Å². The highest BCUT2D eigenvalue weighted by Gasteiger charge is 2.28. The normalized spacial score (nSPS) is 11.8. The van der Waals surface area contributed by atoms with Gasteiger partial charge in [-0.25, -0.2) is 13.8 Å². The molecular weight excluding hydrogens is 210 g/mol. The molecule has 1 aromatic heterocycles. The van der Waals surface area contributed by atoms with E-state index in [4.69, 9.17) is 17.3 Å². The second-order valence-corrected chi connectivity index (χ2v) is 3.50. The van der Waals surface area contributed by atoms with Crippen LogP contribution in [-0.2, 0) is 6.42 Å². The van der Waals surface area contributed by atoms with E-state index >= 15 is 0 Å². The minimum absolute atomic E-state index is 0.123. The van der Waals surface area contributed by atoms with E-state index in [0.29, 0.717) is 11.3 Å². The number of hydrogen-bond donors (Lipinski definition) is 1. The molecule has 1 aromatic rings. The highest BCUT2D eigenvalue weighted by molar-refractivity contribution is 6.30. The summed E-state index contributed by atoms with van der Waals surface area (Å²) in [6, 6.07) is 3.20. The largest absolute Gasteiger partial charge is 0.325 e. The Kier molecular flexibility index (Phi) is 3.39. The Morgan fingerprint density at radius 2 is 2.14 bits per heavy atom. The molecule has 0 aromatic carbocycles. The van der Waals surface area contributed by atoms with Crippen LogP contribution >= 0.6 is 11.6 Å². The molecule has 1 rings (SSSR count). The number of hydrogen-bond acceptors (Lipinski definition) is 2. The lowest BCUT2D eigenvalue weighted by molar-refractivity contribution is 0.0114. The third-order valence-electron chi connectivity index (χ3n) is 1.81. The summed E-state index contributed by atoms with van der Waals surface area (Å²) in [7, 11) is 0. The lowest BCUT2D eigenvalue weighted by atomic mass is 10.1. The first-order chi connectivity index (χ1) is 6.44. The van der Waals surface area contributed by atoms with Gasteiger partial charge >= 0.3 is 0 Å². The predicted molar refractivity (Wildman–Crippen MR) is 51.7 cm³/mol. The molecule has 0 aliphatic heterocycles. The number of pyridine rings is 1. The van der Waals surface area contributed by atoms with E-state index in [1.54, 1.807) is 19.1 Å². The number of halogens is 3. The Morgan fingerprint density at radius 1 is 1.50 bits per heavy atom. The molecule has 0 bridgehead atoms. The molecule has 5 heteroatoms. The quantitative estimate of drug-likeness (QED) is 0.793. The highest BCUT2D eigenvalue weighted by atomic mass is 35.5. The second-order valence-electron chi connectivity index (χ2n) is 3.14. The van der Waals surface area contributed by atoms with Crippen molar-refractivity contribution in [2.45, 2.75) is 19.3 Å². The minimum atomic E-state index is -2.92. The van der Waals surface area contributed by atoms with Crippen molar-refractivity contribution in [1.82, 2.24) is 4.98 Å². The number of alkyl halides is 2. The van der Waals surface area contributed by atoms with Gasteiger partial charge < -0.3 is 5.73 Å². The number of aryl methyl sites for hydroxylation is 1.